The molecular weight excluding hydrogens is 168 g/mol. The molecule has 0 fully saturated rings. The fourth-order valence-electron chi connectivity index (χ4n) is 1.22. The van der Waals surface area contributed by atoms with Gasteiger partial charge < -0.3 is 15.9 Å². The van der Waals surface area contributed by atoms with E-state index in [2.05, 4.69) is 13.8 Å². The van der Waals surface area contributed by atoms with Crippen molar-refractivity contribution < 1.29 is 10.2 Å². The van der Waals surface area contributed by atoms with Gasteiger partial charge in [0.05, 0.1) is 13.2 Å². The number of hydrogen-bond acceptors (Lipinski definition) is 4. The summed E-state index contributed by atoms with van der Waals surface area (Å²) < 4.78 is 0. The summed E-state index contributed by atoms with van der Waals surface area (Å²) >= 11 is 0. The van der Waals surface area contributed by atoms with Crippen molar-refractivity contribution in [1.29, 1.82) is 0 Å². The monoisotopic (exact) mass is 190 g/mol. The van der Waals surface area contributed by atoms with E-state index in [1.807, 2.05) is 4.90 Å². The van der Waals surface area contributed by atoms with Crippen LogP contribution in [0.4, 0.5) is 0 Å². The summed E-state index contributed by atoms with van der Waals surface area (Å²) in [5.74, 6) is 0. The van der Waals surface area contributed by atoms with Crippen molar-refractivity contribution in [3.05, 3.63) is 0 Å². The van der Waals surface area contributed by atoms with E-state index in [0.29, 0.717) is 19.6 Å². The minimum atomic E-state index is 0.0460. The Morgan fingerprint density at radius 1 is 1.15 bits per heavy atom. The van der Waals surface area contributed by atoms with Gasteiger partial charge in [0.2, 0.25) is 0 Å². The van der Waals surface area contributed by atoms with Gasteiger partial charge in [0.15, 0.2) is 0 Å². The average molecular weight is 190 g/mol. The number of nitrogens with two attached hydrogens (primary N) is 1. The molecule has 0 heterocycles. The summed E-state index contributed by atoms with van der Waals surface area (Å²) in [4.78, 5) is 2.02. The normalized spacial score (nSPS) is 12.5. The lowest BCUT2D eigenvalue weighted by molar-refractivity contribution is 0.123. The van der Waals surface area contributed by atoms with Gasteiger partial charge in [-0.3, -0.25) is 4.90 Å². The standard InChI is InChI=1S/C9H22N2O2/c1-9(2,7-10)8-11(3-5-12)4-6-13/h12-13H,3-8,10H2,1-2H3. The van der Waals surface area contributed by atoms with E-state index in [0.717, 1.165) is 6.54 Å². The first-order valence-electron chi connectivity index (χ1n) is 4.70. The van der Waals surface area contributed by atoms with Crippen molar-refractivity contribution in [3.8, 4) is 0 Å². The number of rotatable bonds is 7. The molecule has 0 atom stereocenters. The largest absolute Gasteiger partial charge is 0.395 e. The molecule has 4 nitrogen and oxygen atoms in total. The minimum Gasteiger partial charge on any atom is -0.395 e. The highest BCUT2D eigenvalue weighted by Crippen LogP contribution is 2.14. The lowest BCUT2D eigenvalue weighted by Gasteiger charge is -2.30. The van der Waals surface area contributed by atoms with Crippen LogP contribution in [0.3, 0.4) is 0 Å². The summed E-state index contributed by atoms with van der Waals surface area (Å²) in [6, 6.07) is 0. The van der Waals surface area contributed by atoms with Gasteiger partial charge in [-0.2, -0.15) is 0 Å². The van der Waals surface area contributed by atoms with Gasteiger partial charge in [-0.25, -0.2) is 0 Å². The maximum Gasteiger partial charge on any atom is 0.0558 e. The fourth-order valence-corrected chi connectivity index (χ4v) is 1.22. The molecule has 0 aromatic carbocycles. The van der Waals surface area contributed by atoms with Crippen LogP contribution in [0.1, 0.15) is 13.8 Å². The molecule has 0 aromatic rings. The predicted octanol–water partition coefficient (Wildman–Crippen LogP) is -0.742. The highest BCUT2D eigenvalue weighted by atomic mass is 16.3. The van der Waals surface area contributed by atoms with Gasteiger partial charge >= 0.3 is 0 Å². The second kappa shape index (κ2) is 6.32. The SMILES string of the molecule is CC(C)(CN)CN(CCO)CCO. The smallest absolute Gasteiger partial charge is 0.0558 e. The summed E-state index contributed by atoms with van der Waals surface area (Å²) in [5, 5.41) is 17.6. The first-order chi connectivity index (χ1) is 6.05. The highest BCUT2D eigenvalue weighted by molar-refractivity contribution is 4.74. The molecule has 4 heteroatoms. The van der Waals surface area contributed by atoms with Gasteiger partial charge in [-0.1, -0.05) is 13.8 Å². The van der Waals surface area contributed by atoms with Crippen molar-refractivity contribution in [3.63, 3.8) is 0 Å². The predicted molar refractivity (Wildman–Crippen MR) is 53.4 cm³/mol. The van der Waals surface area contributed by atoms with Crippen molar-refractivity contribution >= 4 is 0 Å². The van der Waals surface area contributed by atoms with E-state index in [9.17, 15) is 0 Å². The van der Waals surface area contributed by atoms with Crippen LogP contribution in [0.25, 0.3) is 0 Å². The lowest BCUT2D eigenvalue weighted by Crippen LogP contribution is -2.41. The van der Waals surface area contributed by atoms with Crippen molar-refractivity contribution in [2.24, 2.45) is 11.1 Å². The number of hydrogen-bond donors (Lipinski definition) is 3. The number of aliphatic hydroxyl groups is 2. The van der Waals surface area contributed by atoms with Gasteiger partial charge in [-0.15, -0.1) is 0 Å². The molecule has 0 saturated carbocycles. The van der Waals surface area contributed by atoms with Crippen LogP contribution >= 0.6 is 0 Å². The Bertz CT molecular complexity index is 123. The Kier molecular flexibility index (Phi) is 6.24. The van der Waals surface area contributed by atoms with E-state index in [4.69, 9.17) is 15.9 Å². The molecule has 0 radical (unpaired) electrons. The van der Waals surface area contributed by atoms with Crippen LogP contribution < -0.4 is 5.73 Å². The molecular formula is C9H22N2O2. The zero-order valence-electron chi connectivity index (χ0n) is 8.66. The van der Waals surface area contributed by atoms with Crippen molar-refractivity contribution in [1.82, 2.24) is 4.90 Å². The maximum atomic E-state index is 8.78. The Balaban J connectivity index is 3.92. The van der Waals surface area contributed by atoms with Gasteiger partial charge in [-0.05, 0) is 12.0 Å². The van der Waals surface area contributed by atoms with Crippen molar-refractivity contribution in [2.45, 2.75) is 13.8 Å². The molecule has 0 saturated heterocycles. The average Bonchev–Trinajstić information content (AvgIpc) is 2.05. The third-order valence-electron chi connectivity index (χ3n) is 2.04. The number of aliphatic hydroxyl groups excluding tert-OH is 2. The van der Waals surface area contributed by atoms with Crippen LogP contribution in [0.2, 0.25) is 0 Å². The van der Waals surface area contributed by atoms with Gasteiger partial charge in [0.25, 0.3) is 0 Å². The molecule has 0 bridgehead atoms. The molecule has 0 rings (SSSR count). The third kappa shape index (κ3) is 5.99. The zero-order valence-corrected chi connectivity index (χ0v) is 8.66. The second-order valence-electron chi connectivity index (χ2n) is 4.09. The molecule has 0 unspecified atom stereocenters. The lowest BCUT2D eigenvalue weighted by atomic mass is 9.93. The summed E-state index contributed by atoms with van der Waals surface area (Å²) in [5.41, 5.74) is 5.64. The van der Waals surface area contributed by atoms with E-state index >= 15 is 0 Å². The Hall–Kier alpha value is -0.160. The van der Waals surface area contributed by atoms with E-state index in [1.165, 1.54) is 0 Å². The van der Waals surface area contributed by atoms with Crippen LogP contribution in [-0.4, -0.2) is 54.5 Å². The molecule has 0 aliphatic heterocycles. The first kappa shape index (κ1) is 12.8. The Morgan fingerprint density at radius 2 is 1.62 bits per heavy atom. The molecule has 13 heavy (non-hydrogen) atoms. The highest BCUT2D eigenvalue weighted by Gasteiger charge is 2.19. The topological polar surface area (TPSA) is 69.7 Å². The van der Waals surface area contributed by atoms with Crippen LogP contribution in [0, 0.1) is 5.41 Å². The van der Waals surface area contributed by atoms with Crippen molar-refractivity contribution in [2.75, 3.05) is 39.4 Å². The summed E-state index contributed by atoms with van der Waals surface area (Å²) in [6.07, 6.45) is 0. The Morgan fingerprint density at radius 3 is 1.92 bits per heavy atom. The van der Waals surface area contributed by atoms with Gasteiger partial charge in [0.1, 0.15) is 0 Å². The maximum absolute atomic E-state index is 8.78. The summed E-state index contributed by atoms with van der Waals surface area (Å²) in [7, 11) is 0. The molecule has 4 N–H and O–H groups in total. The van der Waals surface area contributed by atoms with E-state index in [1.54, 1.807) is 0 Å². The Labute approximate surface area is 80.3 Å². The van der Waals surface area contributed by atoms with Crippen LogP contribution in [-0.2, 0) is 0 Å². The molecule has 0 aliphatic rings. The molecule has 0 spiro atoms. The molecule has 80 valence electrons. The molecule has 0 amide bonds. The summed E-state index contributed by atoms with van der Waals surface area (Å²) in [6.45, 7) is 7.03. The molecule has 0 aliphatic carbocycles. The first-order valence-corrected chi connectivity index (χ1v) is 4.70. The minimum absolute atomic E-state index is 0.0460. The van der Waals surface area contributed by atoms with Crippen LogP contribution in [0.15, 0.2) is 0 Å². The zero-order chi connectivity index (χ0) is 10.3. The quantitative estimate of drug-likeness (QED) is 0.494. The van der Waals surface area contributed by atoms with Gasteiger partial charge in [0, 0.05) is 19.6 Å². The van der Waals surface area contributed by atoms with Crippen LogP contribution in [0.5, 0.6) is 0 Å². The molecule has 0 aromatic heterocycles. The van der Waals surface area contributed by atoms with E-state index < -0.39 is 0 Å². The fraction of sp³-hybridized carbons (Fsp3) is 1.00. The third-order valence-corrected chi connectivity index (χ3v) is 2.04. The van der Waals surface area contributed by atoms with E-state index in [-0.39, 0.29) is 18.6 Å². The number of nitrogens with zero attached hydrogens (tertiary/aromatic N) is 1. The second-order valence-corrected chi connectivity index (χ2v) is 4.09.